The van der Waals surface area contributed by atoms with Crippen LogP contribution in [0.3, 0.4) is 0 Å². The van der Waals surface area contributed by atoms with E-state index in [9.17, 15) is 0 Å². The lowest BCUT2D eigenvalue weighted by molar-refractivity contribution is 0.433. The first-order chi connectivity index (χ1) is 20.6. The predicted octanol–water partition coefficient (Wildman–Crippen LogP) is 9.79. The summed E-state index contributed by atoms with van der Waals surface area (Å²) in [4.78, 5) is 10.1. The molecule has 7 rings (SSSR count). The molecule has 2 aromatic carbocycles. The van der Waals surface area contributed by atoms with E-state index in [-0.39, 0.29) is 0 Å². The monoisotopic (exact) mass is 578 g/mol. The number of halogens is 1. The second-order valence-electron chi connectivity index (χ2n) is 12.9. The Morgan fingerprint density at radius 3 is 2.40 bits per heavy atom. The van der Waals surface area contributed by atoms with Gasteiger partial charge in [-0.15, -0.1) is 0 Å². The summed E-state index contributed by atoms with van der Waals surface area (Å²) in [6.45, 7) is 4.34. The number of unbranched alkanes of at least 4 members (excludes halogenated alkanes) is 4. The summed E-state index contributed by atoms with van der Waals surface area (Å²) >= 11 is 6.38. The molecule has 218 valence electrons. The van der Waals surface area contributed by atoms with Crippen molar-refractivity contribution in [3.05, 3.63) is 81.7 Å². The standard InChI is InChI=1S/C37H43ClN4/c1-24-19-25-21-26(20-24)35-34(22-25)42-33-23-27(38)15-16-30(33)37(35)40-18-10-4-2-3-9-17-39-36-28-11-5-7-13-31(28)41-32-14-8-6-12-29(32)36/h5,7,11,13,15-16,19,23,25-26H,2-4,6,8-10,12,14,17-18,20-22H2,1H3,(H,39,41)(H,40,42)/t25-,26+/m1/s1. The van der Waals surface area contributed by atoms with Crippen LogP contribution in [0.2, 0.25) is 5.02 Å². The zero-order valence-corrected chi connectivity index (χ0v) is 25.7. The van der Waals surface area contributed by atoms with Crippen LogP contribution in [0.25, 0.3) is 21.8 Å². The van der Waals surface area contributed by atoms with Crippen LogP contribution in [0, 0.1) is 5.92 Å². The van der Waals surface area contributed by atoms with Gasteiger partial charge in [-0.2, -0.15) is 0 Å². The van der Waals surface area contributed by atoms with Gasteiger partial charge in [-0.3, -0.25) is 9.97 Å². The quantitative estimate of drug-likeness (QED) is 0.145. The molecule has 0 saturated carbocycles. The topological polar surface area (TPSA) is 49.8 Å². The van der Waals surface area contributed by atoms with Gasteiger partial charge in [0.1, 0.15) is 0 Å². The number of allylic oxidation sites excluding steroid dienone is 2. The van der Waals surface area contributed by atoms with Crippen molar-refractivity contribution < 1.29 is 0 Å². The highest BCUT2D eigenvalue weighted by molar-refractivity contribution is 6.31. The number of anilines is 2. The van der Waals surface area contributed by atoms with E-state index in [0.717, 1.165) is 54.8 Å². The average molecular weight is 579 g/mol. The molecule has 3 aliphatic rings. The molecule has 0 aliphatic heterocycles. The van der Waals surface area contributed by atoms with E-state index < -0.39 is 0 Å². The highest BCUT2D eigenvalue weighted by Gasteiger charge is 2.33. The summed E-state index contributed by atoms with van der Waals surface area (Å²) in [5.41, 5.74) is 11.9. The Kier molecular flexibility index (Phi) is 8.08. The van der Waals surface area contributed by atoms with Crippen molar-refractivity contribution in [1.29, 1.82) is 0 Å². The molecule has 4 aromatic rings. The summed E-state index contributed by atoms with van der Waals surface area (Å²) in [6.07, 6.45) is 16.9. The number of pyridine rings is 2. The Bertz CT molecular complexity index is 1640. The van der Waals surface area contributed by atoms with Crippen molar-refractivity contribution in [1.82, 2.24) is 9.97 Å². The molecule has 42 heavy (non-hydrogen) atoms. The minimum atomic E-state index is 0.578. The minimum Gasteiger partial charge on any atom is -0.384 e. The van der Waals surface area contributed by atoms with Gasteiger partial charge in [0.2, 0.25) is 0 Å². The molecule has 3 aliphatic carbocycles. The maximum absolute atomic E-state index is 6.38. The Morgan fingerprint density at radius 2 is 1.52 bits per heavy atom. The molecule has 0 fully saturated rings. The third-order valence-electron chi connectivity index (χ3n) is 9.73. The van der Waals surface area contributed by atoms with Gasteiger partial charge in [0.25, 0.3) is 0 Å². The number of aromatic nitrogens is 2. The molecular formula is C37H43ClN4. The van der Waals surface area contributed by atoms with Crippen molar-refractivity contribution >= 4 is 44.8 Å². The molecular weight excluding hydrogens is 536 g/mol. The lowest BCUT2D eigenvalue weighted by Crippen LogP contribution is -2.24. The fourth-order valence-electron chi connectivity index (χ4n) is 7.86. The van der Waals surface area contributed by atoms with Crippen LogP contribution in [0.5, 0.6) is 0 Å². The number of nitrogens with zero attached hydrogens (tertiary/aromatic N) is 2. The number of para-hydroxylation sites is 1. The first-order valence-electron chi connectivity index (χ1n) is 16.3. The Balaban J connectivity index is 0.937. The van der Waals surface area contributed by atoms with Crippen molar-refractivity contribution in [3.63, 3.8) is 0 Å². The van der Waals surface area contributed by atoms with Crippen molar-refractivity contribution in [2.24, 2.45) is 5.92 Å². The van der Waals surface area contributed by atoms with Crippen LogP contribution in [0.1, 0.15) is 93.1 Å². The number of aryl methyl sites for hydroxylation is 1. The van der Waals surface area contributed by atoms with Crippen LogP contribution < -0.4 is 10.6 Å². The maximum atomic E-state index is 6.38. The molecule has 2 bridgehead atoms. The number of benzene rings is 2. The van der Waals surface area contributed by atoms with E-state index in [0.29, 0.717) is 11.8 Å². The summed E-state index contributed by atoms with van der Waals surface area (Å²) in [6, 6.07) is 14.9. The van der Waals surface area contributed by atoms with E-state index >= 15 is 0 Å². The number of fused-ring (bicyclic) bond motifs is 7. The van der Waals surface area contributed by atoms with E-state index in [1.807, 2.05) is 12.1 Å². The third-order valence-corrected chi connectivity index (χ3v) is 9.97. The molecule has 0 unspecified atom stereocenters. The molecule has 0 saturated heterocycles. The Morgan fingerprint density at radius 1 is 0.786 bits per heavy atom. The number of hydrogen-bond acceptors (Lipinski definition) is 4. The minimum absolute atomic E-state index is 0.578. The van der Waals surface area contributed by atoms with E-state index in [1.165, 1.54) is 102 Å². The Hall–Kier alpha value is -3.11. The lowest BCUT2D eigenvalue weighted by atomic mass is 9.71. The van der Waals surface area contributed by atoms with E-state index in [4.69, 9.17) is 21.6 Å². The molecule has 2 heterocycles. The average Bonchev–Trinajstić information content (AvgIpc) is 2.98. The summed E-state index contributed by atoms with van der Waals surface area (Å²) in [5, 5.41) is 11.0. The van der Waals surface area contributed by atoms with Crippen molar-refractivity contribution in [3.8, 4) is 0 Å². The van der Waals surface area contributed by atoms with E-state index in [2.05, 4.69) is 54.0 Å². The fourth-order valence-corrected chi connectivity index (χ4v) is 8.02. The maximum Gasteiger partial charge on any atom is 0.0741 e. The zero-order valence-electron chi connectivity index (χ0n) is 24.9. The first-order valence-corrected chi connectivity index (χ1v) is 16.7. The number of nitrogens with one attached hydrogen (secondary N) is 2. The van der Waals surface area contributed by atoms with Gasteiger partial charge in [-0.1, -0.05) is 60.7 Å². The van der Waals surface area contributed by atoms with Gasteiger partial charge in [0.15, 0.2) is 0 Å². The Labute approximate surface area is 255 Å². The normalized spacial score (nSPS) is 19.3. The molecule has 0 radical (unpaired) electrons. The fraction of sp³-hybridized carbons (Fsp3) is 0.459. The predicted molar refractivity (Wildman–Crippen MR) is 178 cm³/mol. The van der Waals surface area contributed by atoms with Gasteiger partial charge < -0.3 is 10.6 Å². The van der Waals surface area contributed by atoms with Crippen LogP contribution in [0.4, 0.5) is 11.4 Å². The molecule has 2 aromatic heterocycles. The molecule has 0 spiro atoms. The van der Waals surface area contributed by atoms with Gasteiger partial charge in [0.05, 0.1) is 11.0 Å². The van der Waals surface area contributed by atoms with Gasteiger partial charge in [-0.25, -0.2) is 0 Å². The highest BCUT2D eigenvalue weighted by atomic mass is 35.5. The largest absolute Gasteiger partial charge is 0.384 e. The second kappa shape index (κ2) is 12.2. The van der Waals surface area contributed by atoms with Crippen LogP contribution in [0.15, 0.2) is 54.1 Å². The van der Waals surface area contributed by atoms with Gasteiger partial charge in [0, 0.05) is 57.2 Å². The summed E-state index contributed by atoms with van der Waals surface area (Å²) < 4.78 is 0. The highest BCUT2D eigenvalue weighted by Crippen LogP contribution is 2.47. The SMILES string of the molecule is CC1=C[C@H]2Cc3nc4cc(Cl)ccc4c(NCCCCCCCNc4c5c(nc6ccccc46)CCCC5)c3[C@@H](C1)C2. The third kappa shape index (κ3) is 5.63. The van der Waals surface area contributed by atoms with Crippen LogP contribution in [-0.4, -0.2) is 23.1 Å². The van der Waals surface area contributed by atoms with Crippen molar-refractivity contribution in [2.45, 2.75) is 89.9 Å². The molecule has 2 atom stereocenters. The first kappa shape index (κ1) is 27.7. The summed E-state index contributed by atoms with van der Waals surface area (Å²) in [5.74, 6) is 1.21. The lowest BCUT2D eigenvalue weighted by Gasteiger charge is -2.36. The van der Waals surface area contributed by atoms with Crippen LogP contribution in [-0.2, 0) is 19.3 Å². The van der Waals surface area contributed by atoms with Gasteiger partial charge in [-0.05, 0) is 106 Å². The number of rotatable bonds is 10. The van der Waals surface area contributed by atoms with E-state index in [1.54, 1.807) is 0 Å². The molecule has 5 heteroatoms. The number of hydrogen-bond donors (Lipinski definition) is 2. The molecule has 2 N–H and O–H groups in total. The van der Waals surface area contributed by atoms with Crippen molar-refractivity contribution in [2.75, 3.05) is 23.7 Å². The zero-order chi connectivity index (χ0) is 28.5. The smallest absolute Gasteiger partial charge is 0.0741 e. The molecule has 0 amide bonds. The van der Waals surface area contributed by atoms with Gasteiger partial charge >= 0.3 is 0 Å². The van der Waals surface area contributed by atoms with Crippen LogP contribution >= 0.6 is 11.6 Å². The summed E-state index contributed by atoms with van der Waals surface area (Å²) in [7, 11) is 0. The second-order valence-corrected chi connectivity index (χ2v) is 13.3. The molecule has 4 nitrogen and oxygen atoms in total.